The first kappa shape index (κ1) is 21.9. The van der Waals surface area contributed by atoms with Crippen molar-refractivity contribution in [2.45, 2.75) is 38.0 Å². The van der Waals surface area contributed by atoms with Crippen LogP contribution in [0.15, 0.2) is 60.4 Å². The number of hydrogen-bond acceptors (Lipinski definition) is 3. The van der Waals surface area contributed by atoms with Crippen LogP contribution in [0.4, 0.5) is 0 Å². The van der Waals surface area contributed by atoms with Gasteiger partial charge in [0.1, 0.15) is 0 Å². The number of carbonyl (C=O) groups excluding carboxylic acids is 2. The van der Waals surface area contributed by atoms with Gasteiger partial charge < -0.3 is 5.11 Å². The van der Waals surface area contributed by atoms with Gasteiger partial charge in [0.15, 0.2) is 11.6 Å². The number of hydrogen-bond donors (Lipinski definition) is 0. The molecular weight excluding hydrogens is 371 g/mol. The maximum absolute atomic E-state index is 11.2. The van der Waals surface area contributed by atoms with Crippen molar-refractivity contribution in [3.63, 3.8) is 0 Å². The topological polar surface area (TPSA) is 57.2 Å². The molecule has 0 saturated heterocycles. The van der Waals surface area contributed by atoms with E-state index in [1.54, 1.807) is 18.2 Å². The summed E-state index contributed by atoms with van der Waals surface area (Å²) >= 11 is 5.85. The minimum Gasteiger partial charge on any atom is -0.870 e. The zero-order chi connectivity index (χ0) is 18.5. The molecule has 3 nitrogen and oxygen atoms in total. The van der Waals surface area contributed by atoms with Crippen molar-refractivity contribution in [1.82, 2.24) is 0 Å². The predicted molar refractivity (Wildman–Crippen MR) is 100 cm³/mol. The average Bonchev–Trinajstić information content (AvgIpc) is 2.68. The van der Waals surface area contributed by atoms with Crippen LogP contribution in [-0.2, 0) is 0 Å². The maximum atomic E-state index is 11.2. The van der Waals surface area contributed by atoms with Crippen LogP contribution in [0.3, 0.4) is 0 Å². The number of allylic oxidation sites excluding steroid dienone is 2. The number of benzene rings is 2. The molecule has 0 aromatic heterocycles. The molecule has 0 heterocycles. The summed E-state index contributed by atoms with van der Waals surface area (Å²) in [5.74, 6) is -0.926. The van der Waals surface area contributed by atoms with Crippen molar-refractivity contribution in [2.24, 2.45) is 0 Å². The van der Waals surface area contributed by atoms with Crippen LogP contribution < -0.4 is 34.7 Å². The van der Waals surface area contributed by atoms with Crippen LogP contribution in [0.5, 0.6) is 0 Å². The van der Waals surface area contributed by atoms with Gasteiger partial charge in [0.25, 0.3) is 0 Å². The number of ketones is 2. The first-order chi connectivity index (χ1) is 12.6. The van der Waals surface area contributed by atoms with Gasteiger partial charge in [-0.15, -0.1) is 0 Å². The fraction of sp³-hybridized carbons (Fsp3) is 0.273. The summed E-state index contributed by atoms with van der Waals surface area (Å²) < 4.78 is 0. The monoisotopic (exact) mass is 390 g/mol. The van der Waals surface area contributed by atoms with E-state index >= 15 is 0 Å². The number of carbonyl (C=O) groups is 2. The Labute approximate surface area is 186 Å². The van der Waals surface area contributed by atoms with Crippen LogP contribution in [0.1, 0.15) is 64.3 Å². The summed E-state index contributed by atoms with van der Waals surface area (Å²) in [6.07, 6.45) is 7.78. The Hall–Kier alpha value is -1.39. The molecule has 4 rings (SSSR count). The Bertz CT molecular complexity index is 837. The van der Waals surface area contributed by atoms with Gasteiger partial charge in [-0.25, -0.2) is 0 Å². The summed E-state index contributed by atoms with van der Waals surface area (Å²) in [6.45, 7) is 0. The standard InChI is InChI=1S/C12H15Cl.C10H6O3.Na/c13-12-8-6-11(7-9-12)10-4-2-1-3-5-10;11-8-5-9(12)10(13)7-4-2-1-3-6(7)8;/h6-10H,1-5H2;1-5,12H;/q;;+1/p-1. The van der Waals surface area contributed by atoms with Gasteiger partial charge in [0.2, 0.25) is 0 Å². The number of halogens is 1. The minimum atomic E-state index is -0.733. The van der Waals surface area contributed by atoms with Gasteiger partial charge in [0.05, 0.1) is 0 Å². The zero-order valence-corrected chi connectivity index (χ0v) is 18.2. The van der Waals surface area contributed by atoms with Crippen LogP contribution >= 0.6 is 11.6 Å². The average molecular weight is 391 g/mol. The Morgan fingerprint density at radius 3 is 2.07 bits per heavy atom. The van der Waals surface area contributed by atoms with Crippen molar-refractivity contribution < 1.29 is 44.3 Å². The predicted octanol–water partition coefficient (Wildman–Crippen LogP) is 1.70. The van der Waals surface area contributed by atoms with Crippen LogP contribution in [0, 0.1) is 0 Å². The second kappa shape index (κ2) is 10.2. The smallest absolute Gasteiger partial charge is 0.870 e. The maximum Gasteiger partial charge on any atom is 1.00 e. The summed E-state index contributed by atoms with van der Waals surface area (Å²) in [5.41, 5.74) is 2.00. The van der Waals surface area contributed by atoms with Gasteiger partial charge in [-0.1, -0.05) is 73.0 Å². The van der Waals surface area contributed by atoms with Crippen molar-refractivity contribution in [3.05, 3.63) is 82.1 Å². The van der Waals surface area contributed by atoms with Gasteiger partial charge >= 0.3 is 29.6 Å². The number of fused-ring (bicyclic) bond motifs is 1. The van der Waals surface area contributed by atoms with Gasteiger partial charge in [0, 0.05) is 16.1 Å². The Balaban J connectivity index is 0.000000187. The SMILES string of the molecule is Clc1ccc(C2CCCCC2)cc1.O=C1C=C([O-])C(=O)c2ccccc21.[Na+]. The quantitative estimate of drug-likeness (QED) is 0.696. The molecule has 0 N–H and O–H groups in total. The molecule has 0 radical (unpaired) electrons. The molecule has 2 aliphatic carbocycles. The van der Waals surface area contributed by atoms with E-state index < -0.39 is 11.5 Å². The van der Waals surface area contributed by atoms with Crippen molar-refractivity contribution in [1.29, 1.82) is 0 Å². The fourth-order valence-electron chi connectivity index (χ4n) is 3.46. The minimum absolute atomic E-state index is 0. The zero-order valence-electron chi connectivity index (χ0n) is 15.4. The van der Waals surface area contributed by atoms with E-state index in [0.29, 0.717) is 5.56 Å². The first-order valence-electron chi connectivity index (χ1n) is 8.88. The molecule has 27 heavy (non-hydrogen) atoms. The van der Waals surface area contributed by atoms with E-state index in [0.717, 1.165) is 17.0 Å². The Morgan fingerprint density at radius 1 is 0.852 bits per heavy atom. The van der Waals surface area contributed by atoms with Crippen molar-refractivity contribution in [3.8, 4) is 0 Å². The third kappa shape index (κ3) is 5.55. The largest absolute Gasteiger partial charge is 1.00 e. The second-order valence-corrected chi connectivity index (χ2v) is 7.07. The molecule has 1 saturated carbocycles. The van der Waals surface area contributed by atoms with E-state index in [4.69, 9.17) is 11.6 Å². The molecule has 5 heteroatoms. The van der Waals surface area contributed by atoms with Crippen LogP contribution in [0.2, 0.25) is 5.02 Å². The molecule has 2 aromatic carbocycles. The molecule has 134 valence electrons. The van der Waals surface area contributed by atoms with E-state index in [-0.39, 0.29) is 40.9 Å². The van der Waals surface area contributed by atoms with E-state index in [9.17, 15) is 14.7 Å². The molecule has 2 aromatic rings. The van der Waals surface area contributed by atoms with E-state index in [1.807, 2.05) is 12.1 Å². The molecular formula is C22H20ClNaO3. The van der Waals surface area contributed by atoms with Gasteiger partial charge in [-0.05, 0) is 42.5 Å². The molecule has 0 amide bonds. The summed E-state index contributed by atoms with van der Waals surface area (Å²) in [6, 6.07) is 14.7. The van der Waals surface area contributed by atoms with Gasteiger partial charge in [-0.2, -0.15) is 0 Å². The normalized spacial score (nSPS) is 16.4. The van der Waals surface area contributed by atoms with E-state index in [2.05, 4.69) is 12.1 Å². The van der Waals surface area contributed by atoms with Gasteiger partial charge in [-0.3, -0.25) is 9.59 Å². The van der Waals surface area contributed by atoms with Crippen LogP contribution in [-0.4, -0.2) is 11.6 Å². The molecule has 0 unspecified atom stereocenters. The van der Waals surface area contributed by atoms with Crippen molar-refractivity contribution >= 4 is 23.2 Å². The molecule has 2 aliphatic rings. The summed E-state index contributed by atoms with van der Waals surface area (Å²) in [7, 11) is 0. The van der Waals surface area contributed by atoms with E-state index in [1.165, 1.54) is 43.7 Å². The molecule has 0 atom stereocenters. The number of Topliss-reactive ketones (excluding diaryl/α,β-unsaturated/α-hetero) is 1. The second-order valence-electron chi connectivity index (χ2n) is 6.63. The third-order valence-corrected chi connectivity index (χ3v) is 5.12. The summed E-state index contributed by atoms with van der Waals surface area (Å²) in [4.78, 5) is 22.4. The first-order valence-corrected chi connectivity index (χ1v) is 9.26. The molecule has 1 fully saturated rings. The van der Waals surface area contributed by atoms with Crippen molar-refractivity contribution in [2.75, 3.05) is 0 Å². The summed E-state index contributed by atoms with van der Waals surface area (Å²) in [5, 5.41) is 11.8. The number of rotatable bonds is 1. The molecule has 0 bridgehead atoms. The fourth-order valence-corrected chi connectivity index (χ4v) is 3.59. The Kier molecular flexibility index (Phi) is 8.30. The Morgan fingerprint density at radius 2 is 1.44 bits per heavy atom. The van der Waals surface area contributed by atoms with Crippen LogP contribution in [0.25, 0.3) is 0 Å². The third-order valence-electron chi connectivity index (χ3n) is 4.87. The molecule has 0 aliphatic heterocycles. The molecule has 0 spiro atoms.